The normalized spacial score (nSPS) is 27.0. The number of likely N-dealkylation sites (tertiary alicyclic amines) is 1. The molecule has 2 aromatic rings. The van der Waals surface area contributed by atoms with Crippen LogP contribution in [0.4, 0.5) is 15.4 Å². The van der Waals surface area contributed by atoms with Gasteiger partial charge in [0, 0.05) is 35.6 Å². The molecule has 4 heterocycles. The summed E-state index contributed by atoms with van der Waals surface area (Å²) in [5.74, 6) is -3.82. The third kappa shape index (κ3) is 10.3. The molecule has 3 fully saturated rings. The van der Waals surface area contributed by atoms with Gasteiger partial charge in [0.05, 0.1) is 41.2 Å². The number of aromatic amines is 1. The van der Waals surface area contributed by atoms with Gasteiger partial charge in [-0.1, -0.05) is 26.7 Å². The Morgan fingerprint density at radius 1 is 1.07 bits per heavy atom. The third-order valence-corrected chi connectivity index (χ3v) is 10.9. The number of amides is 3. The van der Waals surface area contributed by atoms with Crippen molar-refractivity contribution in [2.75, 3.05) is 6.61 Å². The molecule has 20 heteroatoms. The zero-order valence-electron chi connectivity index (χ0n) is 36.5. The number of aliphatic hydroxyl groups is 1. The fourth-order valence-electron chi connectivity index (χ4n) is 8.68. The van der Waals surface area contributed by atoms with Crippen LogP contribution in [0.5, 0.6) is 0 Å². The summed E-state index contributed by atoms with van der Waals surface area (Å²) >= 11 is 0. The number of aromatic nitrogens is 3. The standard InChI is InChI=1S/C40H60N10O10/c1-13-21(14-2)27(47-20(4)51)26-24(45-19(3)46-36(54)59-38(5,6)7)15-22(31(26)52)35(53)56-17-25-32-33(58-40(11,12)57-32)30(50(25)37(55)60-39(8,9)10)23-16-42-29-28(23)43-18-44-34(29)48-49-41/h16,18,21-22,24-27,30-33,42,52H,13-15,17H2,1-12H3,(H,47,51)(H,45,46,54)/t22-,24+,25+,26+,27-,30-,31+,32+,33-/m0/s1. The highest BCUT2D eigenvalue weighted by molar-refractivity contribution is 5.94. The largest absolute Gasteiger partial charge is 0.463 e. The van der Waals surface area contributed by atoms with Gasteiger partial charge in [0.25, 0.3) is 0 Å². The molecule has 3 aliphatic rings. The second-order valence-electron chi connectivity index (χ2n) is 18.1. The van der Waals surface area contributed by atoms with Gasteiger partial charge in [-0.25, -0.2) is 19.6 Å². The number of nitrogens with one attached hydrogen (secondary N) is 3. The molecule has 0 unspecified atom stereocenters. The van der Waals surface area contributed by atoms with Crippen molar-refractivity contribution in [2.24, 2.45) is 27.9 Å². The maximum Gasteiger partial charge on any atom is 0.413 e. The monoisotopic (exact) mass is 840 g/mol. The van der Waals surface area contributed by atoms with Crippen molar-refractivity contribution in [3.05, 3.63) is 28.5 Å². The molecule has 1 aliphatic carbocycles. The van der Waals surface area contributed by atoms with E-state index in [1.54, 1.807) is 68.5 Å². The number of alkyl carbamates (subject to hydrolysis) is 1. The van der Waals surface area contributed by atoms with Gasteiger partial charge >= 0.3 is 18.2 Å². The third-order valence-electron chi connectivity index (χ3n) is 10.9. The molecule has 0 radical (unpaired) electrons. The quantitative estimate of drug-likeness (QED) is 0.0394. The smallest absolute Gasteiger partial charge is 0.413 e. The van der Waals surface area contributed by atoms with E-state index in [4.69, 9.17) is 34.2 Å². The van der Waals surface area contributed by atoms with Crippen LogP contribution in [0.1, 0.15) is 114 Å². The Morgan fingerprint density at radius 3 is 2.32 bits per heavy atom. The molecule has 0 aromatic carbocycles. The second kappa shape index (κ2) is 17.9. The number of carbonyl (C=O) groups is 4. The van der Waals surface area contributed by atoms with E-state index in [0.29, 0.717) is 29.4 Å². The van der Waals surface area contributed by atoms with Crippen LogP contribution in [0.15, 0.2) is 22.6 Å². The fraction of sp³-hybridized carbons (Fsp3) is 0.725. The molecule has 0 spiro atoms. The Kier molecular flexibility index (Phi) is 13.7. The molecule has 2 aromatic heterocycles. The number of rotatable bonds is 11. The number of azide groups is 1. The minimum Gasteiger partial charge on any atom is -0.463 e. The van der Waals surface area contributed by atoms with Crippen LogP contribution in [0, 0.1) is 17.8 Å². The maximum absolute atomic E-state index is 14.3. The average Bonchev–Trinajstić information content (AvgIpc) is 3.84. The van der Waals surface area contributed by atoms with Crippen LogP contribution in [0.2, 0.25) is 0 Å². The lowest BCUT2D eigenvalue weighted by molar-refractivity contribution is -0.173. The van der Waals surface area contributed by atoms with E-state index in [1.807, 2.05) is 13.8 Å². The van der Waals surface area contributed by atoms with Crippen molar-refractivity contribution >= 4 is 46.7 Å². The number of aliphatic imine (C=N–C) groups is 1. The lowest BCUT2D eigenvalue weighted by Crippen LogP contribution is -2.51. The van der Waals surface area contributed by atoms with Crippen LogP contribution >= 0.6 is 0 Å². The van der Waals surface area contributed by atoms with Crippen molar-refractivity contribution < 1.29 is 48.0 Å². The zero-order valence-corrected chi connectivity index (χ0v) is 36.5. The van der Waals surface area contributed by atoms with Crippen LogP contribution in [0.25, 0.3) is 21.5 Å². The minimum atomic E-state index is -1.31. The number of amidine groups is 1. The van der Waals surface area contributed by atoms with Crippen molar-refractivity contribution in [1.82, 2.24) is 30.5 Å². The molecule has 3 amide bonds. The molecule has 4 N–H and O–H groups in total. The lowest BCUT2D eigenvalue weighted by atomic mass is 9.80. The Balaban J connectivity index is 1.50. The van der Waals surface area contributed by atoms with E-state index in [0.717, 1.165) is 0 Å². The SMILES string of the molecule is CCC(CC)[C@H](NC(C)=O)[C@@H]1[C@H](O)[C@@H](C(=O)OC[C@@H]2[C@H]3OC(C)(C)O[C@H]3[C@H](c3c[nH]c4c(N=[N+]=[N-])ncnc34)N2C(=O)OC(C)(C)C)C[C@H]1N=C(C)NC(=O)OC(C)(C)C. The van der Waals surface area contributed by atoms with E-state index >= 15 is 0 Å². The van der Waals surface area contributed by atoms with Gasteiger partial charge in [0.15, 0.2) is 11.6 Å². The maximum atomic E-state index is 14.3. The summed E-state index contributed by atoms with van der Waals surface area (Å²) in [6, 6.07) is -3.14. The first kappa shape index (κ1) is 46.0. The summed E-state index contributed by atoms with van der Waals surface area (Å²) < 4.78 is 30.2. The van der Waals surface area contributed by atoms with Gasteiger partial charge < -0.3 is 39.1 Å². The summed E-state index contributed by atoms with van der Waals surface area (Å²) in [5, 5.41) is 21.4. The summed E-state index contributed by atoms with van der Waals surface area (Å²) in [6.07, 6.45) is -0.153. The summed E-state index contributed by atoms with van der Waals surface area (Å²) in [5.41, 5.74) is 8.66. The van der Waals surface area contributed by atoms with E-state index in [-0.39, 0.29) is 36.5 Å². The molecule has 2 aliphatic heterocycles. The Labute approximate surface area is 349 Å². The van der Waals surface area contributed by atoms with Crippen molar-refractivity contribution in [1.29, 1.82) is 0 Å². The van der Waals surface area contributed by atoms with Gasteiger partial charge in [-0.05, 0) is 85.3 Å². The van der Waals surface area contributed by atoms with E-state index < -0.39 is 89.5 Å². The predicted molar refractivity (Wildman–Crippen MR) is 218 cm³/mol. The Bertz CT molecular complexity index is 2000. The van der Waals surface area contributed by atoms with Crippen LogP contribution in [-0.2, 0) is 33.3 Å². The van der Waals surface area contributed by atoms with Crippen molar-refractivity contribution in [2.45, 2.75) is 162 Å². The Morgan fingerprint density at radius 2 is 1.72 bits per heavy atom. The molecule has 1 saturated carbocycles. The van der Waals surface area contributed by atoms with E-state index in [1.165, 1.54) is 18.2 Å². The van der Waals surface area contributed by atoms with Gasteiger partial charge in [-0.3, -0.25) is 24.8 Å². The predicted octanol–water partition coefficient (Wildman–Crippen LogP) is 5.87. The number of fused-ring (bicyclic) bond motifs is 2. The fourth-order valence-corrected chi connectivity index (χ4v) is 8.68. The molecule has 0 bridgehead atoms. The van der Waals surface area contributed by atoms with E-state index in [9.17, 15) is 24.3 Å². The van der Waals surface area contributed by atoms with Crippen LogP contribution < -0.4 is 10.6 Å². The number of aliphatic hydroxyl groups excluding tert-OH is 1. The van der Waals surface area contributed by atoms with Gasteiger partial charge in [-0.15, -0.1) is 0 Å². The van der Waals surface area contributed by atoms with Crippen molar-refractivity contribution in [3.63, 3.8) is 0 Å². The number of nitrogens with zero attached hydrogens (tertiary/aromatic N) is 7. The molecular formula is C40H60N10O10. The topological polar surface area (TPSA) is 265 Å². The van der Waals surface area contributed by atoms with E-state index in [2.05, 4.69) is 35.6 Å². The molecule has 60 heavy (non-hydrogen) atoms. The van der Waals surface area contributed by atoms with Crippen molar-refractivity contribution in [3.8, 4) is 0 Å². The zero-order chi connectivity index (χ0) is 44.5. The second-order valence-corrected chi connectivity index (χ2v) is 18.1. The molecule has 5 rings (SSSR count). The molecular weight excluding hydrogens is 780 g/mol. The highest BCUT2D eigenvalue weighted by Gasteiger charge is 2.61. The number of carbonyl (C=O) groups excluding carboxylic acids is 4. The molecule has 20 nitrogen and oxygen atoms in total. The highest BCUT2D eigenvalue weighted by atomic mass is 16.8. The molecule has 2 saturated heterocycles. The number of esters is 1. The van der Waals surface area contributed by atoms with Crippen LogP contribution in [0.3, 0.4) is 0 Å². The summed E-state index contributed by atoms with van der Waals surface area (Å²) in [6.45, 7) is 20.4. The summed E-state index contributed by atoms with van der Waals surface area (Å²) in [7, 11) is 0. The van der Waals surface area contributed by atoms with Gasteiger partial charge in [0.1, 0.15) is 42.2 Å². The van der Waals surface area contributed by atoms with Gasteiger partial charge in [0.2, 0.25) is 5.91 Å². The summed E-state index contributed by atoms with van der Waals surface area (Å²) in [4.78, 5) is 74.5. The highest BCUT2D eigenvalue weighted by Crippen LogP contribution is 2.49. The average molecular weight is 841 g/mol. The molecule has 330 valence electrons. The number of H-pyrrole nitrogens is 1. The van der Waals surface area contributed by atoms with Crippen LogP contribution in [-0.4, -0.2) is 115 Å². The first-order valence-corrected chi connectivity index (χ1v) is 20.4. The molecule has 9 atom stereocenters. The lowest BCUT2D eigenvalue weighted by Gasteiger charge is -2.36. The first-order valence-electron chi connectivity index (χ1n) is 20.4. The minimum absolute atomic E-state index is 0.0264. The Hall–Kier alpha value is -5.04. The number of hydrogen-bond donors (Lipinski definition) is 4. The number of hydrogen-bond acceptors (Lipinski definition) is 14. The number of ether oxygens (including phenoxy) is 5. The first-order chi connectivity index (χ1) is 28.0. The van der Waals surface area contributed by atoms with Gasteiger partial charge in [-0.2, -0.15) is 0 Å².